The van der Waals surface area contributed by atoms with Crippen LogP contribution in [0.3, 0.4) is 0 Å². The second kappa shape index (κ2) is 5.29. The summed E-state index contributed by atoms with van der Waals surface area (Å²) in [7, 11) is 0. The number of aromatic hydroxyl groups is 1. The van der Waals surface area contributed by atoms with Crippen LogP contribution in [0, 0.1) is 5.92 Å². The van der Waals surface area contributed by atoms with Gasteiger partial charge in [0, 0.05) is 49.4 Å². The summed E-state index contributed by atoms with van der Waals surface area (Å²) in [5.41, 5.74) is 2.28. The summed E-state index contributed by atoms with van der Waals surface area (Å²) in [6.45, 7) is 3.54. The van der Waals surface area contributed by atoms with Crippen LogP contribution in [0.1, 0.15) is 23.6 Å². The van der Waals surface area contributed by atoms with Gasteiger partial charge in [0.1, 0.15) is 5.75 Å². The molecule has 0 aliphatic carbocycles. The van der Waals surface area contributed by atoms with Crippen LogP contribution in [-0.4, -0.2) is 27.7 Å². The summed E-state index contributed by atoms with van der Waals surface area (Å²) in [5, 5.41) is 9.97. The van der Waals surface area contributed by atoms with Crippen molar-refractivity contribution in [3.63, 3.8) is 0 Å². The minimum atomic E-state index is 0.126. The van der Waals surface area contributed by atoms with Gasteiger partial charge in [0.25, 0.3) is 5.56 Å². The Kier molecular flexibility index (Phi) is 3.26. The zero-order valence-electron chi connectivity index (χ0n) is 12.5. The molecule has 4 rings (SSSR count). The number of likely N-dealkylation sites (tertiary alicyclic amines) is 1. The third kappa shape index (κ3) is 2.33. The minimum absolute atomic E-state index is 0.126. The minimum Gasteiger partial charge on any atom is -0.508 e. The molecule has 1 fully saturated rings. The standard InChI is InChI=1S/C18H20N2O2/c21-17-6-2-1-4-14(17)11-19-9-13-8-15(12-19)16-5-3-7-18(22)20(16)10-13/h1-7,13,15,21H,8-12H2. The van der Waals surface area contributed by atoms with Crippen LogP contribution in [0.4, 0.5) is 0 Å². The molecule has 2 aliphatic heterocycles. The molecule has 2 aromatic rings. The summed E-state index contributed by atoms with van der Waals surface area (Å²) < 4.78 is 1.95. The molecular weight excluding hydrogens is 276 g/mol. The predicted octanol–water partition coefficient (Wildman–Crippen LogP) is 2.17. The SMILES string of the molecule is O=c1cccc2n1CC1CC2CN(Cc2ccccc2O)C1. The van der Waals surface area contributed by atoms with Crippen molar-refractivity contribution in [2.75, 3.05) is 13.1 Å². The molecule has 0 saturated carbocycles. The molecule has 3 heterocycles. The number of aromatic nitrogens is 1. The number of piperidine rings is 1. The average Bonchev–Trinajstić information content (AvgIpc) is 2.51. The van der Waals surface area contributed by atoms with E-state index in [1.165, 1.54) is 12.1 Å². The van der Waals surface area contributed by atoms with Gasteiger partial charge in [-0.05, 0) is 24.5 Å². The van der Waals surface area contributed by atoms with Crippen LogP contribution in [0.2, 0.25) is 0 Å². The number of hydrogen-bond donors (Lipinski definition) is 1. The molecule has 1 saturated heterocycles. The van der Waals surface area contributed by atoms with Gasteiger partial charge < -0.3 is 9.67 Å². The molecule has 0 amide bonds. The molecule has 2 bridgehead atoms. The molecule has 2 unspecified atom stereocenters. The first kappa shape index (κ1) is 13.6. The maximum atomic E-state index is 12.0. The first-order valence-electron chi connectivity index (χ1n) is 7.89. The normalized spacial score (nSPS) is 24.0. The number of phenolic OH excluding ortho intramolecular Hbond substituents is 1. The van der Waals surface area contributed by atoms with E-state index >= 15 is 0 Å². The largest absolute Gasteiger partial charge is 0.508 e. The number of benzene rings is 1. The number of para-hydroxylation sites is 1. The van der Waals surface area contributed by atoms with E-state index in [1.807, 2.05) is 28.8 Å². The lowest BCUT2D eigenvalue weighted by Gasteiger charge is -2.42. The topological polar surface area (TPSA) is 45.5 Å². The first-order chi connectivity index (χ1) is 10.7. The molecular formula is C18H20N2O2. The van der Waals surface area contributed by atoms with E-state index in [0.29, 0.717) is 17.6 Å². The van der Waals surface area contributed by atoms with Crippen molar-refractivity contribution in [3.8, 4) is 5.75 Å². The van der Waals surface area contributed by atoms with E-state index in [2.05, 4.69) is 11.0 Å². The Bertz CT molecular complexity index is 753. The Balaban J connectivity index is 1.59. The zero-order valence-corrected chi connectivity index (χ0v) is 12.5. The van der Waals surface area contributed by atoms with Gasteiger partial charge in [-0.3, -0.25) is 9.69 Å². The van der Waals surface area contributed by atoms with E-state index in [-0.39, 0.29) is 5.56 Å². The average molecular weight is 296 g/mol. The second-order valence-electron chi connectivity index (χ2n) is 6.52. The Morgan fingerprint density at radius 1 is 1.05 bits per heavy atom. The van der Waals surface area contributed by atoms with Crippen molar-refractivity contribution >= 4 is 0 Å². The first-order valence-corrected chi connectivity index (χ1v) is 7.89. The van der Waals surface area contributed by atoms with E-state index < -0.39 is 0 Å². The number of hydrogen-bond acceptors (Lipinski definition) is 3. The molecule has 2 atom stereocenters. The quantitative estimate of drug-likeness (QED) is 0.924. The Morgan fingerprint density at radius 3 is 2.77 bits per heavy atom. The van der Waals surface area contributed by atoms with Crippen LogP contribution in [-0.2, 0) is 13.1 Å². The van der Waals surface area contributed by atoms with E-state index in [1.54, 1.807) is 12.1 Å². The highest BCUT2D eigenvalue weighted by molar-refractivity contribution is 5.31. The number of pyridine rings is 1. The summed E-state index contributed by atoms with van der Waals surface area (Å²) >= 11 is 0. The van der Waals surface area contributed by atoms with Gasteiger partial charge in [0.2, 0.25) is 0 Å². The number of nitrogens with zero attached hydrogens (tertiary/aromatic N) is 2. The van der Waals surface area contributed by atoms with Gasteiger partial charge in [0.05, 0.1) is 0 Å². The van der Waals surface area contributed by atoms with Crippen LogP contribution >= 0.6 is 0 Å². The molecule has 2 aliphatic rings. The van der Waals surface area contributed by atoms with E-state index in [4.69, 9.17) is 0 Å². The number of rotatable bonds is 2. The number of fused-ring (bicyclic) bond motifs is 4. The van der Waals surface area contributed by atoms with Crippen molar-refractivity contribution in [2.24, 2.45) is 5.92 Å². The Morgan fingerprint density at radius 2 is 1.91 bits per heavy atom. The van der Waals surface area contributed by atoms with Crippen molar-refractivity contribution < 1.29 is 5.11 Å². The smallest absolute Gasteiger partial charge is 0.250 e. The van der Waals surface area contributed by atoms with Crippen molar-refractivity contribution in [2.45, 2.75) is 25.4 Å². The summed E-state index contributed by atoms with van der Waals surface area (Å²) in [4.78, 5) is 14.4. The zero-order chi connectivity index (χ0) is 15.1. The highest BCUT2D eigenvalue weighted by atomic mass is 16.3. The molecule has 4 nitrogen and oxygen atoms in total. The maximum absolute atomic E-state index is 12.0. The lowest BCUT2D eigenvalue weighted by molar-refractivity contribution is 0.113. The van der Waals surface area contributed by atoms with Crippen molar-refractivity contribution in [3.05, 3.63) is 64.1 Å². The fourth-order valence-corrected chi connectivity index (χ4v) is 4.01. The fraction of sp³-hybridized carbons (Fsp3) is 0.389. The summed E-state index contributed by atoms with van der Waals surface area (Å²) in [6.07, 6.45) is 1.17. The highest BCUT2D eigenvalue weighted by Gasteiger charge is 2.34. The van der Waals surface area contributed by atoms with Gasteiger partial charge in [-0.1, -0.05) is 24.3 Å². The third-order valence-corrected chi connectivity index (χ3v) is 4.94. The van der Waals surface area contributed by atoms with Crippen LogP contribution in [0.15, 0.2) is 47.3 Å². The second-order valence-corrected chi connectivity index (χ2v) is 6.52. The monoisotopic (exact) mass is 296 g/mol. The molecule has 22 heavy (non-hydrogen) atoms. The van der Waals surface area contributed by atoms with Crippen LogP contribution < -0.4 is 5.56 Å². The molecule has 4 heteroatoms. The van der Waals surface area contributed by atoms with Crippen LogP contribution in [0.25, 0.3) is 0 Å². The Hall–Kier alpha value is -2.07. The van der Waals surface area contributed by atoms with Gasteiger partial charge in [0.15, 0.2) is 0 Å². The lowest BCUT2D eigenvalue weighted by Crippen LogP contribution is -2.46. The fourth-order valence-electron chi connectivity index (χ4n) is 4.01. The van der Waals surface area contributed by atoms with Gasteiger partial charge in [-0.15, -0.1) is 0 Å². The molecule has 1 aromatic carbocycles. The van der Waals surface area contributed by atoms with Gasteiger partial charge in [-0.2, -0.15) is 0 Å². The highest BCUT2D eigenvalue weighted by Crippen LogP contribution is 2.35. The maximum Gasteiger partial charge on any atom is 0.250 e. The molecule has 1 N–H and O–H groups in total. The van der Waals surface area contributed by atoms with Crippen LogP contribution in [0.5, 0.6) is 5.75 Å². The van der Waals surface area contributed by atoms with Gasteiger partial charge in [-0.25, -0.2) is 0 Å². The molecule has 0 radical (unpaired) electrons. The molecule has 114 valence electrons. The Labute approximate surface area is 129 Å². The molecule has 1 aromatic heterocycles. The van der Waals surface area contributed by atoms with E-state index in [9.17, 15) is 9.90 Å². The lowest BCUT2D eigenvalue weighted by atomic mass is 9.83. The molecule has 0 spiro atoms. The van der Waals surface area contributed by atoms with Crippen molar-refractivity contribution in [1.29, 1.82) is 0 Å². The summed E-state index contributed by atoms with van der Waals surface area (Å²) in [5.74, 6) is 1.32. The predicted molar refractivity (Wildman–Crippen MR) is 84.9 cm³/mol. The van der Waals surface area contributed by atoms with E-state index in [0.717, 1.165) is 31.7 Å². The third-order valence-electron chi connectivity index (χ3n) is 4.94. The number of phenols is 1. The summed E-state index contributed by atoms with van der Waals surface area (Å²) in [6, 6.07) is 13.2. The van der Waals surface area contributed by atoms with Crippen molar-refractivity contribution in [1.82, 2.24) is 9.47 Å². The van der Waals surface area contributed by atoms with Gasteiger partial charge >= 0.3 is 0 Å².